The van der Waals surface area contributed by atoms with Gasteiger partial charge in [0.15, 0.2) is 0 Å². The number of likely N-dealkylation sites (tertiary alicyclic amines) is 1. The number of carbonyl (C=O) groups excluding carboxylic acids is 1. The highest BCUT2D eigenvalue weighted by atomic mass is 35.5. The van der Waals surface area contributed by atoms with E-state index < -0.39 is 0 Å². The zero-order valence-electron chi connectivity index (χ0n) is 11.1. The summed E-state index contributed by atoms with van der Waals surface area (Å²) < 4.78 is 0. The maximum absolute atomic E-state index is 12.4. The van der Waals surface area contributed by atoms with Crippen molar-refractivity contribution in [3.8, 4) is 0 Å². The fourth-order valence-corrected chi connectivity index (χ4v) is 2.70. The number of carbonyl (C=O) groups is 1. The van der Waals surface area contributed by atoms with Crippen molar-refractivity contribution in [2.24, 2.45) is 5.92 Å². The molecule has 2 rings (SSSR count). The fraction of sp³-hybridized carbons (Fsp3) is 0.571. The molecule has 1 N–H and O–H groups in total. The third kappa shape index (κ3) is 3.45. The molecular weight excluding hydrogens is 264 g/mol. The maximum atomic E-state index is 12.4. The average Bonchev–Trinajstić information content (AvgIpc) is 2.86. The Bertz CT molecular complexity index is 465. The quantitative estimate of drug-likeness (QED) is 0.861. The second-order valence-corrected chi connectivity index (χ2v) is 5.33. The van der Waals surface area contributed by atoms with Gasteiger partial charge < -0.3 is 10.0 Å². The number of hydrogen-bond donors (Lipinski definition) is 1. The minimum Gasteiger partial charge on any atom is -0.396 e. The van der Waals surface area contributed by atoms with Crippen LogP contribution in [0.2, 0.25) is 5.15 Å². The summed E-state index contributed by atoms with van der Waals surface area (Å²) in [7, 11) is 0. The molecule has 1 saturated heterocycles. The largest absolute Gasteiger partial charge is 0.396 e. The van der Waals surface area contributed by atoms with Gasteiger partial charge in [-0.2, -0.15) is 0 Å². The number of amides is 1. The summed E-state index contributed by atoms with van der Waals surface area (Å²) in [5, 5.41) is 9.31. The minimum atomic E-state index is 0.0134. The van der Waals surface area contributed by atoms with Gasteiger partial charge in [0.2, 0.25) is 0 Å². The van der Waals surface area contributed by atoms with Crippen molar-refractivity contribution in [1.29, 1.82) is 0 Å². The summed E-state index contributed by atoms with van der Waals surface area (Å²) in [6.07, 6.45) is 2.49. The van der Waals surface area contributed by atoms with E-state index in [1.54, 1.807) is 6.07 Å². The molecule has 2 heterocycles. The summed E-state index contributed by atoms with van der Waals surface area (Å²) in [5.74, 6) is 0.427. The fourth-order valence-electron chi connectivity index (χ4n) is 2.47. The third-order valence-corrected chi connectivity index (χ3v) is 3.76. The van der Waals surface area contributed by atoms with Crippen molar-refractivity contribution < 1.29 is 9.90 Å². The summed E-state index contributed by atoms with van der Waals surface area (Å²) in [6.45, 7) is 3.65. The van der Waals surface area contributed by atoms with Crippen molar-refractivity contribution in [1.82, 2.24) is 9.88 Å². The Labute approximate surface area is 118 Å². The SMILES string of the molecule is CCc1cc(C(=O)N2CCC(CCO)C2)cc(Cl)n1. The summed E-state index contributed by atoms with van der Waals surface area (Å²) >= 11 is 5.94. The summed E-state index contributed by atoms with van der Waals surface area (Å²) in [6, 6.07) is 3.44. The molecule has 0 aliphatic carbocycles. The van der Waals surface area contributed by atoms with Crippen LogP contribution in [0.3, 0.4) is 0 Å². The lowest BCUT2D eigenvalue weighted by atomic mass is 10.1. The first-order chi connectivity index (χ1) is 9.13. The Kier molecular flexibility index (Phi) is 4.77. The molecule has 0 spiro atoms. The Morgan fingerprint density at radius 2 is 2.37 bits per heavy atom. The van der Waals surface area contributed by atoms with Gasteiger partial charge in [-0.3, -0.25) is 4.79 Å². The summed E-state index contributed by atoms with van der Waals surface area (Å²) in [4.78, 5) is 18.4. The molecule has 1 atom stereocenters. The number of aliphatic hydroxyl groups is 1. The molecule has 1 fully saturated rings. The average molecular weight is 283 g/mol. The Morgan fingerprint density at radius 3 is 3.05 bits per heavy atom. The number of halogens is 1. The van der Waals surface area contributed by atoms with Crippen LogP contribution in [-0.2, 0) is 6.42 Å². The van der Waals surface area contributed by atoms with Crippen LogP contribution >= 0.6 is 11.6 Å². The normalized spacial score (nSPS) is 18.9. The number of aliphatic hydroxyl groups excluding tert-OH is 1. The van der Waals surface area contributed by atoms with E-state index >= 15 is 0 Å². The molecule has 4 nitrogen and oxygen atoms in total. The molecule has 1 aromatic heterocycles. The molecular formula is C14H19ClN2O2. The van der Waals surface area contributed by atoms with E-state index in [1.165, 1.54) is 0 Å². The molecule has 1 aliphatic rings. The smallest absolute Gasteiger partial charge is 0.254 e. The molecule has 19 heavy (non-hydrogen) atoms. The van der Waals surface area contributed by atoms with Crippen molar-refractivity contribution in [3.63, 3.8) is 0 Å². The summed E-state index contributed by atoms with van der Waals surface area (Å²) in [5.41, 5.74) is 1.45. The lowest BCUT2D eigenvalue weighted by Gasteiger charge is -2.17. The van der Waals surface area contributed by atoms with Gasteiger partial charge in [0.25, 0.3) is 5.91 Å². The Hall–Kier alpha value is -1.13. The van der Waals surface area contributed by atoms with Gasteiger partial charge in [0.05, 0.1) is 0 Å². The first kappa shape index (κ1) is 14.3. The van der Waals surface area contributed by atoms with Crippen LogP contribution in [0.4, 0.5) is 0 Å². The zero-order valence-corrected chi connectivity index (χ0v) is 11.9. The van der Waals surface area contributed by atoms with Crippen molar-refractivity contribution in [3.05, 3.63) is 28.5 Å². The molecule has 1 amide bonds. The van der Waals surface area contributed by atoms with Crippen LogP contribution in [0.1, 0.15) is 35.8 Å². The highest BCUT2D eigenvalue weighted by molar-refractivity contribution is 6.29. The molecule has 104 valence electrons. The number of hydrogen-bond acceptors (Lipinski definition) is 3. The highest BCUT2D eigenvalue weighted by Gasteiger charge is 2.26. The number of nitrogens with zero attached hydrogens (tertiary/aromatic N) is 2. The number of aromatic nitrogens is 1. The molecule has 1 aliphatic heterocycles. The van der Waals surface area contributed by atoms with Crippen molar-refractivity contribution in [2.75, 3.05) is 19.7 Å². The predicted octanol–water partition coefficient (Wildman–Crippen LogP) is 2.14. The van der Waals surface area contributed by atoms with Crippen LogP contribution in [0.15, 0.2) is 12.1 Å². The van der Waals surface area contributed by atoms with E-state index in [0.29, 0.717) is 16.6 Å². The highest BCUT2D eigenvalue weighted by Crippen LogP contribution is 2.22. The van der Waals surface area contributed by atoms with Crippen LogP contribution in [-0.4, -0.2) is 40.6 Å². The second kappa shape index (κ2) is 6.35. The second-order valence-electron chi connectivity index (χ2n) is 4.94. The topological polar surface area (TPSA) is 53.4 Å². The van der Waals surface area contributed by atoms with E-state index in [-0.39, 0.29) is 12.5 Å². The minimum absolute atomic E-state index is 0.0134. The molecule has 1 unspecified atom stereocenters. The lowest BCUT2D eigenvalue weighted by Crippen LogP contribution is -2.29. The van der Waals surface area contributed by atoms with Crippen molar-refractivity contribution in [2.45, 2.75) is 26.2 Å². The first-order valence-corrected chi connectivity index (χ1v) is 7.08. The van der Waals surface area contributed by atoms with Crippen LogP contribution in [0.25, 0.3) is 0 Å². The maximum Gasteiger partial charge on any atom is 0.254 e. The first-order valence-electron chi connectivity index (χ1n) is 6.70. The molecule has 0 radical (unpaired) electrons. The standard InChI is InChI=1S/C14H19ClN2O2/c1-2-12-7-11(8-13(15)16-12)14(19)17-5-3-10(9-17)4-6-18/h7-8,10,18H,2-6,9H2,1H3. The van der Waals surface area contributed by atoms with Gasteiger partial charge in [0.1, 0.15) is 5.15 Å². The number of pyridine rings is 1. The molecule has 1 aromatic rings. The van der Waals surface area contributed by atoms with Gasteiger partial charge in [-0.15, -0.1) is 0 Å². The van der Waals surface area contributed by atoms with E-state index in [1.807, 2.05) is 17.9 Å². The van der Waals surface area contributed by atoms with Crippen LogP contribution in [0.5, 0.6) is 0 Å². The molecule has 5 heteroatoms. The lowest BCUT2D eigenvalue weighted by molar-refractivity contribution is 0.0784. The van der Waals surface area contributed by atoms with E-state index in [9.17, 15) is 4.79 Å². The number of rotatable bonds is 4. The van der Waals surface area contributed by atoms with Gasteiger partial charge in [-0.05, 0) is 37.3 Å². The van der Waals surface area contributed by atoms with Crippen LogP contribution < -0.4 is 0 Å². The van der Waals surface area contributed by atoms with Gasteiger partial charge in [-0.25, -0.2) is 4.98 Å². The molecule has 0 saturated carbocycles. The van der Waals surface area contributed by atoms with Gasteiger partial charge in [-0.1, -0.05) is 18.5 Å². The van der Waals surface area contributed by atoms with E-state index in [4.69, 9.17) is 16.7 Å². The third-order valence-electron chi connectivity index (χ3n) is 3.57. The monoisotopic (exact) mass is 282 g/mol. The van der Waals surface area contributed by atoms with E-state index in [2.05, 4.69) is 4.98 Å². The molecule has 0 bridgehead atoms. The predicted molar refractivity (Wildman–Crippen MR) is 74.3 cm³/mol. The van der Waals surface area contributed by atoms with Crippen molar-refractivity contribution >= 4 is 17.5 Å². The van der Waals surface area contributed by atoms with Crippen LogP contribution in [0, 0.1) is 5.92 Å². The van der Waals surface area contributed by atoms with E-state index in [0.717, 1.165) is 38.0 Å². The van der Waals surface area contributed by atoms with Gasteiger partial charge in [0, 0.05) is 31.0 Å². The Balaban J connectivity index is 2.10. The zero-order chi connectivity index (χ0) is 13.8. The van der Waals surface area contributed by atoms with Gasteiger partial charge >= 0.3 is 0 Å². The Morgan fingerprint density at radius 1 is 1.58 bits per heavy atom. The number of aryl methyl sites for hydroxylation is 1. The molecule has 0 aromatic carbocycles.